The lowest BCUT2D eigenvalue weighted by atomic mass is 10.0. The van der Waals surface area contributed by atoms with Crippen LogP contribution in [0.15, 0.2) is 36.4 Å². The third-order valence-corrected chi connectivity index (χ3v) is 4.71. The van der Waals surface area contributed by atoms with Gasteiger partial charge >= 0.3 is 5.97 Å². The average molecular weight is 442 g/mol. The van der Waals surface area contributed by atoms with Crippen molar-refractivity contribution in [1.29, 1.82) is 0 Å². The molecule has 0 aliphatic carbocycles. The lowest BCUT2D eigenvalue weighted by molar-refractivity contribution is 0.0600. The Balaban J connectivity index is 2.30. The third kappa shape index (κ3) is 4.11. The molecule has 1 N–H and O–H groups in total. The van der Waals surface area contributed by atoms with Crippen molar-refractivity contribution < 1.29 is 24.1 Å². The number of hydrogen-bond donors (Lipinski definition) is 1. The first-order chi connectivity index (χ1) is 11.5. The largest absolute Gasteiger partial charge is 0.507 e. The molecule has 2 rings (SSSR count). The van der Waals surface area contributed by atoms with Crippen molar-refractivity contribution in [2.45, 2.75) is 10.3 Å². The molecular formula is C18H19IO5. The van der Waals surface area contributed by atoms with Gasteiger partial charge in [-0.25, -0.2) is 4.79 Å². The van der Waals surface area contributed by atoms with E-state index in [0.29, 0.717) is 17.7 Å². The number of halogens is 1. The van der Waals surface area contributed by atoms with Crippen molar-refractivity contribution >= 4 is 28.6 Å². The Kier molecular flexibility index (Phi) is 6.30. The molecule has 24 heavy (non-hydrogen) atoms. The highest BCUT2D eigenvalue weighted by atomic mass is 127. The van der Waals surface area contributed by atoms with Crippen molar-refractivity contribution in [3.05, 3.63) is 53.1 Å². The summed E-state index contributed by atoms with van der Waals surface area (Å²) in [7, 11) is 4.43. The van der Waals surface area contributed by atoms with E-state index in [1.165, 1.54) is 20.3 Å². The van der Waals surface area contributed by atoms with Crippen LogP contribution in [0.3, 0.4) is 0 Å². The second-order valence-electron chi connectivity index (χ2n) is 5.12. The molecule has 6 heteroatoms. The maximum atomic E-state index is 11.7. The standard InChI is InChI=1S/C18H19IO5/c1-22-13-6-4-11(5-7-13)8-14(19)17-15(20)9-12(18(21)24-3)10-16(17)23-2/h4-7,9-10,14,20H,8H2,1-3H3. The molecule has 0 heterocycles. The quantitative estimate of drug-likeness (QED) is 0.418. The van der Waals surface area contributed by atoms with E-state index in [2.05, 4.69) is 27.3 Å². The number of hydrogen-bond acceptors (Lipinski definition) is 5. The minimum atomic E-state index is -0.518. The summed E-state index contributed by atoms with van der Waals surface area (Å²) in [5, 5.41) is 10.4. The highest BCUT2D eigenvalue weighted by Crippen LogP contribution is 2.41. The number of esters is 1. The molecule has 2 aromatic rings. The van der Waals surface area contributed by atoms with Crippen LogP contribution in [0.2, 0.25) is 0 Å². The fraction of sp³-hybridized carbons (Fsp3) is 0.278. The van der Waals surface area contributed by atoms with Gasteiger partial charge in [-0.15, -0.1) is 0 Å². The summed E-state index contributed by atoms with van der Waals surface area (Å²) in [5.41, 5.74) is 2.01. The number of carbonyl (C=O) groups is 1. The molecule has 5 nitrogen and oxygen atoms in total. The van der Waals surface area contributed by atoms with Crippen molar-refractivity contribution in [1.82, 2.24) is 0 Å². The van der Waals surface area contributed by atoms with Crippen LogP contribution >= 0.6 is 22.6 Å². The van der Waals surface area contributed by atoms with Crippen LogP contribution in [-0.4, -0.2) is 32.4 Å². The molecule has 1 atom stereocenters. The van der Waals surface area contributed by atoms with Crippen molar-refractivity contribution in [2.24, 2.45) is 0 Å². The second-order valence-corrected chi connectivity index (χ2v) is 6.63. The number of ether oxygens (including phenoxy) is 3. The maximum absolute atomic E-state index is 11.7. The van der Waals surface area contributed by atoms with E-state index in [-0.39, 0.29) is 15.2 Å². The van der Waals surface area contributed by atoms with Gasteiger partial charge in [-0.1, -0.05) is 34.7 Å². The molecule has 0 aromatic heterocycles. The van der Waals surface area contributed by atoms with Crippen LogP contribution in [-0.2, 0) is 11.2 Å². The van der Waals surface area contributed by atoms with E-state index in [1.54, 1.807) is 13.2 Å². The maximum Gasteiger partial charge on any atom is 0.338 e. The fourth-order valence-corrected chi connectivity index (χ4v) is 3.54. The van der Waals surface area contributed by atoms with Crippen LogP contribution in [0.5, 0.6) is 17.2 Å². The summed E-state index contributed by atoms with van der Waals surface area (Å²) in [5.74, 6) is 0.757. The first-order valence-corrected chi connectivity index (χ1v) is 8.51. The first kappa shape index (κ1) is 18.4. The molecule has 2 aromatic carbocycles. The Morgan fingerprint density at radius 1 is 1.12 bits per heavy atom. The highest BCUT2D eigenvalue weighted by Gasteiger charge is 2.21. The highest BCUT2D eigenvalue weighted by molar-refractivity contribution is 14.1. The number of rotatable bonds is 6. The van der Waals surface area contributed by atoms with Gasteiger partial charge in [0.05, 0.1) is 26.9 Å². The summed E-state index contributed by atoms with van der Waals surface area (Å²) in [6, 6.07) is 10.8. The van der Waals surface area contributed by atoms with E-state index >= 15 is 0 Å². The van der Waals surface area contributed by atoms with Crippen LogP contribution in [0.25, 0.3) is 0 Å². The van der Waals surface area contributed by atoms with E-state index in [0.717, 1.165) is 11.3 Å². The van der Waals surface area contributed by atoms with Gasteiger partial charge in [0, 0.05) is 9.49 Å². The molecule has 0 amide bonds. The summed E-state index contributed by atoms with van der Waals surface area (Å²) in [6.07, 6.45) is 0.700. The SMILES string of the molecule is COC(=O)c1cc(O)c(C(I)Cc2ccc(OC)cc2)c(OC)c1. The van der Waals surface area contributed by atoms with E-state index in [9.17, 15) is 9.90 Å². The number of phenols is 1. The molecule has 0 aliphatic rings. The van der Waals surface area contributed by atoms with Crippen LogP contribution in [0.4, 0.5) is 0 Å². The number of aromatic hydroxyl groups is 1. The first-order valence-electron chi connectivity index (χ1n) is 7.26. The molecule has 0 spiro atoms. The van der Waals surface area contributed by atoms with Gasteiger partial charge in [-0.05, 0) is 36.2 Å². The summed E-state index contributed by atoms with van der Waals surface area (Å²) < 4.78 is 15.2. The van der Waals surface area contributed by atoms with Crippen LogP contribution in [0.1, 0.15) is 25.4 Å². The molecule has 0 aliphatic heterocycles. The molecule has 0 saturated heterocycles. The molecule has 0 fully saturated rings. The predicted molar refractivity (Wildman–Crippen MR) is 99.5 cm³/mol. The number of methoxy groups -OCH3 is 3. The van der Waals surface area contributed by atoms with Gasteiger partial charge in [-0.3, -0.25) is 0 Å². The Morgan fingerprint density at radius 3 is 2.33 bits per heavy atom. The average Bonchev–Trinajstić information content (AvgIpc) is 2.60. The minimum absolute atomic E-state index is 0.0164. The zero-order chi connectivity index (χ0) is 17.7. The second kappa shape index (κ2) is 8.23. The molecule has 0 bridgehead atoms. The topological polar surface area (TPSA) is 65.0 Å². The summed E-state index contributed by atoms with van der Waals surface area (Å²) in [6.45, 7) is 0. The zero-order valence-electron chi connectivity index (χ0n) is 13.7. The van der Waals surface area contributed by atoms with E-state index in [4.69, 9.17) is 9.47 Å². The summed E-state index contributed by atoms with van der Waals surface area (Å²) >= 11 is 2.25. The number of alkyl halides is 1. The number of carbonyl (C=O) groups excluding carboxylic acids is 1. The Morgan fingerprint density at radius 2 is 1.79 bits per heavy atom. The van der Waals surface area contributed by atoms with Crippen LogP contribution in [0, 0.1) is 0 Å². The third-order valence-electron chi connectivity index (χ3n) is 3.65. The minimum Gasteiger partial charge on any atom is -0.507 e. The molecule has 1 unspecified atom stereocenters. The van der Waals surface area contributed by atoms with E-state index < -0.39 is 5.97 Å². The van der Waals surface area contributed by atoms with Crippen molar-refractivity contribution in [3.63, 3.8) is 0 Å². The number of benzene rings is 2. The lowest BCUT2D eigenvalue weighted by Gasteiger charge is -2.17. The Labute approximate surface area is 154 Å². The monoisotopic (exact) mass is 442 g/mol. The molecule has 128 valence electrons. The van der Waals surface area contributed by atoms with E-state index in [1.807, 2.05) is 24.3 Å². The van der Waals surface area contributed by atoms with Gasteiger partial charge in [0.15, 0.2) is 0 Å². The van der Waals surface area contributed by atoms with Gasteiger partial charge < -0.3 is 19.3 Å². The molecule has 0 radical (unpaired) electrons. The number of phenolic OH excluding ortho intramolecular Hbond substituents is 1. The molecular weight excluding hydrogens is 423 g/mol. The smallest absolute Gasteiger partial charge is 0.338 e. The van der Waals surface area contributed by atoms with Crippen molar-refractivity contribution in [2.75, 3.05) is 21.3 Å². The Bertz CT molecular complexity index is 712. The zero-order valence-corrected chi connectivity index (χ0v) is 15.9. The molecule has 0 saturated carbocycles. The van der Waals surface area contributed by atoms with Gasteiger partial charge in [0.2, 0.25) is 0 Å². The fourth-order valence-electron chi connectivity index (χ4n) is 2.40. The normalized spacial score (nSPS) is 11.7. The van der Waals surface area contributed by atoms with Gasteiger partial charge in [0.1, 0.15) is 17.2 Å². The van der Waals surface area contributed by atoms with Gasteiger partial charge in [0.25, 0.3) is 0 Å². The summed E-state index contributed by atoms with van der Waals surface area (Å²) in [4.78, 5) is 11.7. The predicted octanol–water partition coefficient (Wildman–Crippen LogP) is 3.91. The van der Waals surface area contributed by atoms with Gasteiger partial charge in [-0.2, -0.15) is 0 Å². The lowest BCUT2D eigenvalue weighted by Crippen LogP contribution is -2.05. The van der Waals surface area contributed by atoms with Crippen LogP contribution < -0.4 is 9.47 Å². The Hall–Kier alpha value is -1.96. The van der Waals surface area contributed by atoms with Crippen molar-refractivity contribution in [3.8, 4) is 17.2 Å².